The van der Waals surface area contributed by atoms with Crippen LogP contribution < -0.4 is 5.32 Å². The molecular weight excluding hydrogens is 251 g/mol. The Balaban J connectivity index is 2.16. The molecule has 4 heteroatoms. The van der Waals surface area contributed by atoms with Crippen LogP contribution in [0.1, 0.15) is 11.1 Å². The molecule has 90 valence electrons. The zero-order valence-corrected chi connectivity index (χ0v) is 10.2. The summed E-state index contributed by atoms with van der Waals surface area (Å²) in [5, 5.41) is 12.3. The van der Waals surface area contributed by atoms with Gasteiger partial charge in [0.2, 0.25) is 0 Å². The second-order valence-electron chi connectivity index (χ2n) is 3.75. The molecule has 2 aromatic rings. The molecule has 0 spiro atoms. The molecular formula is C14H10ClFN2. The number of nitriles is 1. The Morgan fingerprint density at radius 2 is 2.00 bits per heavy atom. The van der Waals surface area contributed by atoms with Crippen LogP contribution in [0.15, 0.2) is 42.5 Å². The Morgan fingerprint density at radius 1 is 1.22 bits per heavy atom. The van der Waals surface area contributed by atoms with Crippen LogP contribution in [0.5, 0.6) is 0 Å². The lowest BCUT2D eigenvalue weighted by molar-refractivity contribution is 0.613. The van der Waals surface area contributed by atoms with E-state index in [1.165, 1.54) is 6.07 Å². The van der Waals surface area contributed by atoms with Crippen LogP contribution in [-0.2, 0) is 6.54 Å². The quantitative estimate of drug-likeness (QED) is 0.907. The SMILES string of the molecule is N#Cc1ccc(Cl)c(NCc2ccccc2F)c1. The van der Waals surface area contributed by atoms with Crippen LogP contribution in [-0.4, -0.2) is 0 Å². The van der Waals surface area contributed by atoms with Gasteiger partial charge in [0, 0.05) is 12.1 Å². The lowest BCUT2D eigenvalue weighted by atomic mass is 10.2. The molecule has 0 aliphatic rings. The highest BCUT2D eigenvalue weighted by molar-refractivity contribution is 6.33. The first kappa shape index (κ1) is 12.4. The van der Waals surface area contributed by atoms with Crippen molar-refractivity contribution in [3.8, 4) is 6.07 Å². The van der Waals surface area contributed by atoms with Crippen LogP contribution in [0.4, 0.5) is 10.1 Å². The van der Waals surface area contributed by atoms with Crippen molar-refractivity contribution in [2.24, 2.45) is 0 Å². The first-order valence-corrected chi connectivity index (χ1v) is 5.75. The van der Waals surface area contributed by atoms with Gasteiger partial charge in [0.25, 0.3) is 0 Å². The highest BCUT2D eigenvalue weighted by atomic mass is 35.5. The molecule has 0 fully saturated rings. The van der Waals surface area contributed by atoms with Gasteiger partial charge in [0.15, 0.2) is 0 Å². The Hall–Kier alpha value is -2.05. The molecule has 0 bridgehead atoms. The molecule has 0 saturated carbocycles. The highest BCUT2D eigenvalue weighted by Gasteiger charge is 2.04. The van der Waals surface area contributed by atoms with Crippen LogP contribution in [0.25, 0.3) is 0 Å². The van der Waals surface area contributed by atoms with Crippen LogP contribution in [0.2, 0.25) is 5.02 Å². The molecule has 0 heterocycles. The van der Waals surface area contributed by atoms with E-state index >= 15 is 0 Å². The fraction of sp³-hybridized carbons (Fsp3) is 0.0714. The molecule has 2 nitrogen and oxygen atoms in total. The molecule has 0 aromatic heterocycles. The molecule has 1 N–H and O–H groups in total. The zero-order valence-electron chi connectivity index (χ0n) is 9.45. The number of benzene rings is 2. The van der Waals surface area contributed by atoms with Crippen LogP contribution in [0, 0.1) is 17.1 Å². The lowest BCUT2D eigenvalue weighted by Crippen LogP contribution is -2.02. The average molecular weight is 261 g/mol. The maximum absolute atomic E-state index is 13.4. The van der Waals surface area contributed by atoms with E-state index in [0.29, 0.717) is 28.4 Å². The van der Waals surface area contributed by atoms with Gasteiger partial charge in [0.1, 0.15) is 5.82 Å². The van der Waals surface area contributed by atoms with Crippen molar-refractivity contribution in [2.75, 3.05) is 5.32 Å². The normalized spacial score (nSPS) is 9.83. The Bertz CT molecular complexity index is 605. The molecule has 18 heavy (non-hydrogen) atoms. The largest absolute Gasteiger partial charge is 0.380 e. The van der Waals surface area contributed by atoms with Gasteiger partial charge in [-0.05, 0) is 24.3 Å². The van der Waals surface area contributed by atoms with Crippen molar-refractivity contribution in [1.82, 2.24) is 0 Å². The maximum atomic E-state index is 13.4. The zero-order chi connectivity index (χ0) is 13.0. The minimum atomic E-state index is -0.266. The highest BCUT2D eigenvalue weighted by Crippen LogP contribution is 2.23. The summed E-state index contributed by atoms with van der Waals surface area (Å²) >= 11 is 5.99. The number of halogens is 2. The molecule has 0 saturated heterocycles. The van der Waals surface area contributed by atoms with E-state index in [0.717, 1.165) is 0 Å². The molecule has 0 radical (unpaired) electrons. The number of nitrogens with zero attached hydrogens (tertiary/aromatic N) is 1. The fourth-order valence-electron chi connectivity index (χ4n) is 1.56. The van der Waals surface area contributed by atoms with E-state index in [4.69, 9.17) is 16.9 Å². The number of hydrogen-bond donors (Lipinski definition) is 1. The maximum Gasteiger partial charge on any atom is 0.128 e. The van der Waals surface area contributed by atoms with Crippen LogP contribution in [0.3, 0.4) is 0 Å². The lowest BCUT2D eigenvalue weighted by Gasteiger charge is -2.09. The van der Waals surface area contributed by atoms with Gasteiger partial charge in [-0.25, -0.2) is 4.39 Å². The van der Waals surface area contributed by atoms with E-state index in [1.54, 1.807) is 36.4 Å². The Morgan fingerprint density at radius 3 is 2.72 bits per heavy atom. The third-order valence-electron chi connectivity index (χ3n) is 2.52. The predicted molar refractivity (Wildman–Crippen MR) is 69.9 cm³/mol. The minimum absolute atomic E-state index is 0.266. The summed E-state index contributed by atoms with van der Waals surface area (Å²) < 4.78 is 13.4. The second-order valence-corrected chi connectivity index (χ2v) is 4.16. The first-order chi connectivity index (χ1) is 8.70. The summed E-state index contributed by atoms with van der Waals surface area (Å²) in [4.78, 5) is 0. The molecule has 2 aromatic carbocycles. The van der Waals surface area contributed by atoms with Crippen molar-refractivity contribution < 1.29 is 4.39 Å². The van der Waals surface area contributed by atoms with Crippen molar-refractivity contribution in [1.29, 1.82) is 5.26 Å². The standard InChI is InChI=1S/C14H10ClFN2/c15-12-6-5-10(8-17)7-14(12)18-9-11-3-1-2-4-13(11)16/h1-7,18H,9H2. The molecule has 0 unspecified atom stereocenters. The molecule has 2 rings (SSSR count). The van der Waals surface area contributed by atoms with Gasteiger partial charge in [-0.2, -0.15) is 5.26 Å². The molecule has 0 amide bonds. The van der Waals surface area contributed by atoms with Crippen molar-refractivity contribution in [3.63, 3.8) is 0 Å². The smallest absolute Gasteiger partial charge is 0.128 e. The topological polar surface area (TPSA) is 35.8 Å². The third-order valence-corrected chi connectivity index (χ3v) is 2.85. The van der Waals surface area contributed by atoms with Gasteiger partial charge in [0.05, 0.1) is 22.3 Å². The van der Waals surface area contributed by atoms with Gasteiger partial charge in [-0.1, -0.05) is 29.8 Å². The van der Waals surface area contributed by atoms with Gasteiger partial charge in [-0.3, -0.25) is 0 Å². The van der Waals surface area contributed by atoms with E-state index in [1.807, 2.05) is 6.07 Å². The Labute approximate surface area is 110 Å². The summed E-state index contributed by atoms with van der Waals surface area (Å²) in [6, 6.07) is 13.5. The summed E-state index contributed by atoms with van der Waals surface area (Å²) in [6.07, 6.45) is 0. The van der Waals surface area contributed by atoms with Crippen LogP contribution >= 0.6 is 11.6 Å². The molecule has 0 atom stereocenters. The summed E-state index contributed by atoms with van der Waals surface area (Å²) in [5.41, 5.74) is 1.69. The predicted octanol–water partition coefficient (Wildman–Crippen LogP) is 3.96. The summed E-state index contributed by atoms with van der Waals surface area (Å²) in [7, 11) is 0. The average Bonchev–Trinajstić information content (AvgIpc) is 2.39. The first-order valence-electron chi connectivity index (χ1n) is 5.37. The van der Waals surface area contributed by atoms with E-state index in [2.05, 4.69) is 5.32 Å². The molecule has 0 aliphatic carbocycles. The summed E-state index contributed by atoms with van der Waals surface area (Å²) in [6.45, 7) is 0.321. The van der Waals surface area contributed by atoms with Crippen molar-refractivity contribution in [3.05, 3.63) is 64.4 Å². The molecule has 0 aliphatic heterocycles. The van der Waals surface area contributed by atoms with E-state index in [-0.39, 0.29) is 5.82 Å². The van der Waals surface area contributed by atoms with Gasteiger partial charge >= 0.3 is 0 Å². The van der Waals surface area contributed by atoms with E-state index in [9.17, 15) is 4.39 Å². The second kappa shape index (κ2) is 5.52. The summed E-state index contributed by atoms with van der Waals surface area (Å²) in [5.74, 6) is -0.266. The number of anilines is 1. The van der Waals surface area contributed by atoms with Gasteiger partial charge < -0.3 is 5.32 Å². The fourth-order valence-corrected chi connectivity index (χ4v) is 1.75. The minimum Gasteiger partial charge on any atom is -0.380 e. The number of hydrogen-bond acceptors (Lipinski definition) is 2. The van der Waals surface area contributed by atoms with Crippen molar-refractivity contribution >= 4 is 17.3 Å². The third kappa shape index (κ3) is 2.79. The Kier molecular flexibility index (Phi) is 3.81. The number of nitrogens with one attached hydrogen (secondary N) is 1. The number of rotatable bonds is 3. The monoisotopic (exact) mass is 260 g/mol. The van der Waals surface area contributed by atoms with E-state index < -0.39 is 0 Å². The van der Waals surface area contributed by atoms with Crippen molar-refractivity contribution in [2.45, 2.75) is 6.54 Å². The van der Waals surface area contributed by atoms with Gasteiger partial charge in [-0.15, -0.1) is 0 Å².